The number of hydrogen-bond acceptors (Lipinski definition) is 8. The molecule has 9 atom stereocenters. The highest BCUT2D eigenvalue weighted by Gasteiger charge is 2.51. The number of H-pyrrole nitrogens is 1. The first-order valence-electron chi connectivity index (χ1n) is 12.3. The third kappa shape index (κ3) is 3.52. The van der Waals surface area contributed by atoms with Crippen LogP contribution in [0.15, 0.2) is 48.8 Å². The third-order valence-corrected chi connectivity index (χ3v) is 8.04. The SMILES string of the molecule is C=C[C@H]1[C@H](O[C@@H]2O[C@H](CO)[C@@H](O)[C@H](O)[C@H]2O)OC=C2C(=O)N3CCc4c([nH]c5ccccc45)[C@H]3C[C@H]21. The van der Waals surface area contributed by atoms with Crippen molar-refractivity contribution in [1.29, 1.82) is 0 Å². The van der Waals surface area contributed by atoms with Crippen molar-refractivity contribution in [2.45, 2.75) is 55.9 Å². The number of aromatic amines is 1. The van der Waals surface area contributed by atoms with Crippen LogP contribution in [0.5, 0.6) is 0 Å². The predicted octanol–water partition coefficient (Wildman–Crippen LogP) is 0.473. The maximum Gasteiger partial charge on any atom is 0.253 e. The van der Waals surface area contributed by atoms with Gasteiger partial charge in [-0.1, -0.05) is 24.3 Å². The van der Waals surface area contributed by atoms with Gasteiger partial charge in [0.2, 0.25) is 6.29 Å². The lowest BCUT2D eigenvalue weighted by Crippen LogP contribution is -2.60. The monoisotopic (exact) mass is 498 g/mol. The van der Waals surface area contributed by atoms with Crippen LogP contribution in [-0.4, -0.2) is 86.4 Å². The molecule has 0 spiro atoms. The Morgan fingerprint density at radius 3 is 2.75 bits per heavy atom. The number of carbonyl (C=O) groups excluding carboxylic acids is 1. The molecule has 1 amide bonds. The van der Waals surface area contributed by atoms with Gasteiger partial charge in [0.15, 0.2) is 6.29 Å². The van der Waals surface area contributed by atoms with Gasteiger partial charge in [-0.25, -0.2) is 0 Å². The second-order valence-electron chi connectivity index (χ2n) is 9.89. The minimum absolute atomic E-state index is 0.0845. The average molecular weight is 499 g/mol. The Labute approximate surface area is 207 Å². The first-order valence-corrected chi connectivity index (χ1v) is 12.3. The molecule has 0 unspecified atom stereocenters. The van der Waals surface area contributed by atoms with Crippen LogP contribution < -0.4 is 0 Å². The summed E-state index contributed by atoms with van der Waals surface area (Å²) in [6.45, 7) is 4.01. The third-order valence-electron chi connectivity index (χ3n) is 8.04. The zero-order chi connectivity index (χ0) is 25.1. The molecular formula is C26H30N2O8. The number of hydrogen-bond donors (Lipinski definition) is 5. The molecule has 0 bridgehead atoms. The molecule has 4 aliphatic rings. The summed E-state index contributed by atoms with van der Waals surface area (Å²) in [7, 11) is 0. The minimum atomic E-state index is -1.56. The Balaban J connectivity index is 1.28. The molecule has 1 aromatic heterocycles. The smallest absolute Gasteiger partial charge is 0.253 e. The van der Waals surface area contributed by atoms with Crippen molar-refractivity contribution in [1.82, 2.24) is 9.88 Å². The summed E-state index contributed by atoms with van der Waals surface area (Å²) in [6.07, 6.45) is -3.53. The number of aromatic nitrogens is 1. The van der Waals surface area contributed by atoms with Gasteiger partial charge in [-0.15, -0.1) is 6.58 Å². The van der Waals surface area contributed by atoms with Crippen molar-refractivity contribution in [2.24, 2.45) is 11.8 Å². The lowest BCUT2D eigenvalue weighted by molar-refractivity contribution is -0.339. The van der Waals surface area contributed by atoms with Crippen molar-refractivity contribution >= 4 is 16.8 Å². The second-order valence-corrected chi connectivity index (χ2v) is 9.89. The number of ether oxygens (including phenoxy) is 3. The van der Waals surface area contributed by atoms with Gasteiger partial charge in [-0.05, 0) is 24.5 Å². The molecule has 36 heavy (non-hydrogen) atoms. The van der Waals surface area contributed by atoms with Crippen LogP contribution in [0, 0.1) is 11.8 Å². The van der Waals surface area contributed by atoms with E-state index in [1.165, 1.54) is 17.2 Å². The number of benzene rings is 1. The van der Waals surface area contributed by atoms with E-state index in [1.54, 1.807) is 6.08 Å². The number of carbonyl (C=O) groups is 1. The predicted molar refractivity (Wildman–Crippen MR) is 126 cm³/mol. The Bertz CT molecular complexity index is 1210. The number of para-hydroxylation sites is 1. The lowest BCUT2D eigenvalue weighted by atomic mass is 9.74. The first kappa shape index (κ1) is 23.7. The number of nitrogens with one attached hydrogen (secondary N) is 1. The summed E-state index contributed by atoms with van der Waals surface area (Å²) >= 11 is 0. The van der Waals surface area contributed by atoms with Crippen molar-refractivity contribution in [2.75, 3.05) is 13.2 Å². The van der Waals surface area contributed by atoms with Crippen LogP contribution in [0.1, 0.15) is 23.7 Å². The van der Waals surface area contributed by atoms with Gasteiger partial charge in [-0.2, -0.15) is 0 Å². The zero-order valence-corrected chi connectivity index (χ0v) is 19.6. The number of amides is 1. The Kier molecular flexibility index (Phi) is 5.90. The molecule has 10 heteroatoms. The molecule has 0 radical (unpaired) electrons. The highest BCUT2D eigenvalue weighted by Crippen LogP contribution is 2.48. The van der Waals surface area contributed by atoms with Crippen LogP contribution in [0.25, 0.3) is 10.9 Å². The van der Waals surface area contributed by atoms with Gasteiger partial charge in [0, 0.05) is 35.0 Å². The topological polar surface area (TPSA) is 145 Å². The highest BCUT2D eigenvalue weighted by atomic mass is 16.8. The van der Waals surface area contributed by atoms with Gasteiger partial charge in [0.05, 0.1) is 24.5 Å². The minimum Gasteiger partial charge on any atom is -0.471 e. The normalized spacial score (nSPS) is 38.0. The van der Waals surface area contributed by atoms with Crippen LogP contribution in [-0.2, 0) is 25.4 Å². The van der Waals surface area contributed by atoms with Crippen LogP contribution in [0.4, 0.5) is 0 Å². The molecule has 5 heterocycles. The van der Waals surface area contributed by atoms with E-state index in [4.69, 9.17) is 14.2 Å². The molecule has 0 aliphatic carbocycles. The summed E-state index contributed by atoms with van der Waals surface area (Å²) < 4.78 is 17.2. The average Bonchev–Trinajstić information content (AvgIpc) is 3.28. The first-order chi connectivity index (χ1) is 17.4. The van der Waals surface area contributed by atoms with E-state index >= 15 is 0 Å². The Morgan fingerprint density at radius 2 is 1.97 bits per heavy atom. The lowest BCUT2D eigenvalue weighted by Gasteiger charge is -2.48. The number of fused-ring (bicyclic) bond motifs is 6. The standard InChI is InChI=1S/C26H30N2O8/c1-2-12-15-9-18-20-14(13-5-3-4-6-17(13)27-20)7-8-28(18)24(33)16(15)11-34-25(12)36-26-23(32)22(31)21(30)19(10-29)35-26/h2-6,11-12,15,18-19,21-23,25-27,29-32H,1,7-10H2/t12-,15+,18-,19-,21-,22+,23-,25+,26+/m1/s1. The van der Waals surface area contributed by atoms with Crippen molar-refractivity contribution in [3.63, 3.8) is 0 Å². The van der Waals surface area contributed by atoms with Crippen molar-refractivity contribution in [3.05, 3.63) is 60.0 Å². The maximum atomic E-state index is 13.5. The molecule has 2 fully saturated rings. The van der Waals surface area contributed by atoms with Crippen LogP contribution >= 0.6 is 0 Å². The molecule has 2 aromatic rings. The summed E-state index contributed by atoms with van der Waals surface area (Å²) in [5.74, 6) is -0.783. The molecule has 2 saturated heterocycles. The van der Waals surface area contributed by atoms with E-state index in [9.17, 15) is 25.2 Å². The highest BCUT2D eigenvalue weighted by molar-refractivity contribution is 5.96. The maximum absolute atomic E-state index is 13.5. The number of piperidine rings is 1. The fraction of sp³-hybridized carbons (Fsp3) is 0.500. The summed E-state index contributed by atoms with van der Waals surface area (Å²) in [4.78, 5) is 19.0. The van der Waals surface area contributed by atoms with Crippen LogP contribution in [0.2, 0.25) is 0 Å². The molecule has 6 rings (SSSR count). The van der Waals surface area contributed by atoms with Gasteiger partial charge in [0.1, 0.15) is 24.4 Å². The van der Waals surface area contributed by atoms with E-state index < -0.39 is 49.5 Å². The fourth-order valence-electron chi connectivity index (χ4n) is 6.13. The van der Waals surface area contributed by atoms with E-state index in [2.05, 4.69) is 17.6 Å². The van der Waals surface area contributed by atoms with Gasteiger partial charge in [-0.3, -0.25) is 4.79 Å². The molecular weight excluding hydrogens is 468 g/mol. The van der Waals surface area contributed by atoms with Gasteiger partial charge < -0.3 is 44.5 Å². The van der Waals surface area contributed by atoms with E-state index in [0.29, 0.717) is 18.5 Å². The number of aliphatic hydroxyl groups is 4. The van der Waals surface area contributed by atoms with Crippen molar-refractivity contribution < 1.29 is 39.4 Å². The Hall–Kier alpha value is -2.73. The van der Waals surface area contributed by atoms with E-state index in [0.717, 1.165) is 17.6 Å². The summed E-state index contributed by atoms with van der Waals surface area (Å²) in [5.41, 5.74) is 3.89. The quantitative estimate of drug-likeness (QED) is 0.383. The molecule has 5 N–H and O–H groups in total. The molecule has 192 valence electrons. The van der Waals surface area contributed by atoms with E-state index in [1.807, 2.05) is 23.1 Å². The Morgan fingerprint density at radius 1 is 1.17 bits per heavy atom. The van der Waals surface area contributed by atoms with E-state index in [-0.39, 0.29) is 17.9 Å². The number of nitrogens with zero attached hydrogens (tertiary/aromatic N) is 1. The largest absolute Gasteiger partial charge is 0.471 e. The number of aliphatic hydroxyl groups excluding tert-OH is 4. The second kappa shape index (κ2) is 8.98. The molecule has 0 saturated carbocycles. The van der Waals surface area contributed by atoms with Gasteiger partial charge >= 0.3 is 0 Å². The molecule has 4 aliphatic heterocycles. The fourth-order valence-corrected chi connectivity index (χ4v) is 6.13. The summed E-state index contributed by atoms with van der Waals surface area (Å²) in [5, 5.41) is 41.3. The number of rotatable bonds is 4. The molecule has 1 aromatic carbocycles. The van der Waals surface area contributed by atoms with Crippen molar-refractivity contribution in [3.8, 4) is 0 Å². The zero-order valence-electron chi connectivity index (χ0n) is 19.6. The van der Waals surface area contributed by atoms with Gasteiger partial charge in [0.25, 0.3) is 5.91 Å². The summed E-state index contributed by atoms with van der Waals surface area (Å²) in [6, 6.07) is 8.01. The molecule has 10 nitrogen and oxygen atoms in total. The van der Waals surface area contributed by atoms with Crippen LogP contribution in [0.3, 0.4) is 0 Å².